The van der Waals surface area contributed by atoms with Gasteiger partial charge in [0.25, 0.3) is 5.91 Å². The maximum atomic E-state index is 14.0. The summed E-state index contributed by atoms with van der Waals surface area (Å²) in [4.78, 5) is 21.5. The Hall–Kier alpha value is -3.45. The number of aromatic nitrogens is 1. The first-order valence-electron chi connectivity index (χ1n) is 10.9. The SMILES string of the molecule is Cc1ccc2cc3cc(C(=O)NCCN4CCN(c5ccccc5F)CC4)oc3nc2c1. The number of amides is 1. The van der Waals surface area contributed by atoms with Crippen molar-refractivity contribution in [2.24, 2.45) is 0 Å². The fraction of sp³-hybridized carbons (Fsp3) is 0.280. The number of para-hydroxylation sites is 1. The van der Waals surface area contributed by atoms with E-state index in [0.717, 1.165) is 54.6 Å². The van der Waals surface area contributed by atoms with Gasteiger partial charge in [-0.15, -0.1) is 0 Å². The first-order chi connectivity index (χ1) is 15.6. The maximum Gasteiger partial charge on any atom is 0.287 e. The minimum atomic E-state index is -0.242. The molecule has 5 rings (SSSR count). The number of aryl methyl sites for hydroxylation is 1. The van der Waals surface area contributed by atoms with E-state index in [-0.39, 0.29) is 17.5 Å². The van der Waals surface area contributed by atoms with Crippen LogP contribution in [0.3, 0.4) is 0 Å². The van der Waals surface area contributed by atoms with E-state index in [2.05, 4.69) is 20.1 Å². The molecule has 0 aliphatic carbocycles. The predicted octanol–water partition coefficient (Wildman–Crippen LogP) is 3.98. The summed E-state index contributed by atoms with van der Waals surface area (Å²) in [6, 6.07) is 16.7. The second kappa shape index (κ2) is 8.59. The highest BCUT2D eigenvalue weighted by molar-refractivity contribution is 5.98. The van der Waals surface area contributed by atoms with Crippen molar-refractivity contribution < 1.29 is 13.6 Å². The number of piperazine rings is 1. The second-order valence-electron chi connectivity index (χ2n) is 8.23. The van der Waals surface area contributed by atoms with Gasteiger partial charge in [-0.3, -0.25) is 9.69 Å². The molecule has 7 heteroatoms. The summed E-state index contributed by atoms with van der Waals surface area (Å²) in [6.45, 7) is 6.44. The largest absolute Gasteiger partial charge is 0.433 e. The highest BCUT2D eigenvalue weighted by Gasteiger charge is 2.19. The molecule has 32 heavy (non-hydrogen) atoms. The number of hydrogen-bond acceptors (Lipinski definition) is 5. The zero-order valence-corrected chi connectivity index (χ0v) is 18.0. The zero-order chi connectivity index (χ0) is 22.1. The van der Waals surface area contributed by atoms with E-state index in [0.29, 0.717) is 17.9 Å². The molecule has 164 valence electrons. The highest BCUT2D eigenvalue weighted by Crippen LogP contribution is 2.24. The van der Waals surface area contributed by atoms with Gasteiger partial charge in [0.1, 0.15) is 5.82 Å². The molecule has 4 aromatic rings. The molecule has 3 heterocycles. The minimum Gasteiger partial charge on any atom is -0.433 e. The van der Waals surface area contributed by atoms with Gasteiger partial charge < -0.3 is 14.6 Å². The molecular formula is C25H25FN4O2. The number of halogens is 1. The Balaban J connectivity index is 1.15. The number of nitrogens with one attached hydrogen (secondary N) is 1. The Bertz CT molecular complexity index is 1280. The Morgan fingerprint density at radius 1 is 1.06 bits per heavy atom. The maximum absolute atomic E-state index is 14.0. The van der Waals surface area contributed by atoms with Gasteiger partial charge in [-0.25, -0.2) is 9.37 Å². The summed E-state index contributed by atoms with van der Waals surface area (Å²) in [5.41, 5.74) is 3.11. The first-order valence-corrected chi connectivity index (χ1v) is 10.9. The van der Waals surface area contributed by atoms with Gasteiger partial charge in [0.2, 0.25) is 5.71 Å². The number of rotatable bonds is 5. The van der Waals surface area contributed by atoms with Crippen LogP contribution in [0, 0.1) is 12.7 Å². The topological polar surface area (TPSA) is 61.6 Å². The van der Waals surface area contributed by atoms with Crippen LogP contribution < -0.4 is 10.2 Å². The average Bonchev–Trinajstić information content (AvgIpc) is 3.21. The molecule has 6 nitrogen and oxygen atoms in total. The van der Waals surface area contributed by atoms with Crippen LogP contribution in [-0.2, 0) is 0 Å². The molecule has 1 amide bonds. The molecule has 0 bridgehead atoms. The van der Waals surface area contributed by atoms with Crippen molar-refractivity contribution in [3.8, 4) is 0 Å². The van der Waals surface area contributed by atoms with Gasteiger partial charge in [0.15, 0.2) is 5.76 Å². The van der Waals surface area contributed by atoms with Crippen LogP contribution in [0.1, 0.15) is 16.1 Å². The number of carbonyl (C=O) groups excluding carboxylic acids is 1. The summed E-state index contributed by atoms with van der Waals surface area (Å²) in [7, 11) is 0. The number of carbonyl (C=O) groups is 1. The van der Waals surface area contributed by atoms with Gasteiger partial charge in [0.05, 0.1) is 11.2 Å². The van der Waals surface area contributed by atoms with Crippen LogP contribution in [0.4, 0.5) is 10.1 Å². The summed E-state index contributed by atoms with van der Waals surface area (Å²) < 4.78 is 19.7. The van der Waals surface area contributed by atoms with Crippen molar-refractivity contribution in [3.05, 3.63) is 71.7 Å². The van der Waals surface area contributed by atoms with Crippen LogP contribution >= 0.6 is 0 Å². The molecule has 0 unspecified atom stereocenters. The molecule has 1 aliphatic heterocycles. The van der Waals surface area contributed by atoms with Crippen LogP contribution in [-0.4, -0.2) is 55.1 Å². The monoisotopic (exact) mass is 432 g/mol. The number of benzene rings is 2. The predicted molar refractivity (Wildman–Crippen MR) is 124 cm³/mol. The zero-order valence-electron chi connectivity index (χ0n) is 18.0. The number of pyridine rings is 1. The van der Waals surface area contributed by atoms with Gasteiger partial charge in [-0.2, -0.15) is 0 Å². The molecule has 2 aromatic heterocycles. The summed E-state index contributed by atoms with van der Waals surface area (Å²) >= 11 is 0. The number of fused-ring (bicyclic) bond motifs is 2. The van der Waals surface area contributed by atoms with Gasteiger partial charge in [0, 0.05) is 50.0 Å². The van der Waals surface area contributed by atoms with Gasteiger partial charge in [-0.1, -0.05) is 24.3 Å². The molecule has 1 N–H and O–H groups in total. The smallest absolute Gasteiger partial charge is 0.287 e. The fourth-order valence-electron chi connectivity index (χ4n) is 4.18. The summed E-state index contributed by atoms with van der Waals surface area (Å²) in [6.07, 6.45) is 0. The fourth-order valence-corrected chi connectivity index (χ4v) is 4.18. The number of nitrogens with zero attached hydrogens (tertiary/aromatic N) is 3. The number of furan rings is 1. The van der Waals surface area contributed by atoms with Crippen LogP contribution in [0.25, 0.3) is 22.0 Å². The third kappa shape index (κ3) is 4.16. The van der Waals surface area contributed by atoms with Crippen molar-refractivity contribution in [3.63, 3.8) is 0 Å². The molecule has 1 fully saturated rings. The molecular weight excluding hydrogens is 407 g/mol. The van der Waals surface area contributed by atoms with Crippen molar-refractivity contribution in [2.45, 2.75) is 6.92 Å². The normalized spacial score (nSPS) is 14.9. The van der Waals surface area contributed by atoms with Crippen molar-refractivity contribution in [1.82, 2.24) is 15.2 Å². The lowest BCUT2D eigenvalue weighted by atomic mass is 10.1. The molecule has 0 atom stereocenters. The van der Waals surface area contributed by atoms with E-state index in [9.17, 15) is 9.18 Å². The van der Waals surface area contributed by atoms with Crippen LogP contribution in [0.5, 0.6) is 0 Å². The van der Waals surface area contributed by atoms with E-state index < -0.39 is 0 Å². The number of hydrogen-bond donors (Lipinski definition) is 1. The third-order valence-electron chi connectivity index (χ3n) is 5.96. The highest BCUT2D eigenvalue weighted by atomic mass is 19.1. The van der Waals surface area contributed by atoms with Crippen molar-refractivity contribution in [2.75, 3.05) is 44.2 Å². The molecule has 0 spiro atoms. The molecule has 1 aliphatic rings. The van der Waals surface area contributed by atoms with Crippen molar-refractivity contribution in [1.29, 1.82) is 0 Å². The van der Waals surface area contributed by atoms with Gasteiger partial charge >= 0.3 is 0 Å². The first kappa shape index (κ1) is 20.5. The molecule has 2 aromatic carbocycles. The third-order valence-corrected chi connectivity index (χ3v) is 5.96. The summed E-state index contributed by atoms with van der Waals surface area (Å²) in [5, 5.41) is 4.77. The Kier molecular flexibility index (Phi) is 5.49. The quantitative estimate of drug-likeness (QED) is 0.517. The van der Waals surface area contributed by atoms with Crippen LogP contribution in [0.15, 0.2) is 59.0 Å². The van der Waals surface area contributed by atoms with E-state index in [4.69, 9.17) is 4.42 Å². The second-order valence-corrected chi connectivity index (χ2v) is 8.23. The lowest BCUT2D eigenvalue weighted by Gasteiger charge is -2.36. The lowest BCUT2D eigenvalue weighted by Crippen LogP contribution is -2.48. The summed E-state index contributed by atoms with van der Waals surface area (Å²) in [5.74, 6) is -0.159. The van der Waals surface area contributed by atoms with Crippen molar-refractivity contribution >= 4 is 33.6 Å². The lowest BCUT2D eigenvalue weighted by molar-refractivity contribution is 0.0922. The Labute approximate surface area is 185 Å². The molecule has 0 radical (unpaired) electrons. The van der Waals surface area contributed by atoms with E-state index in [1.54, 1.807) is 12.1 Å². The van der Waals surface area contributed by atoms with E-state index in [1.165, 1.54) is 6.07 Å². The molecule has 0 saturated carbocycles. The van der Waals surface area contributed by atoms with Crippen LogP contribution in [0.2, 0.25) is 0 Å². The average molecular weight is 432 g/mol. The molecule has 1 saturated heterocycles. The van der Waals surface area contributed by atoms with E-state index >= 15 is 0 Å². The van der Waals surface area contributed by atoms with Gasteiger partial charge in [-0.05, 0) is 42.8 Å². The standard InChI is InChI=1S/C25H25FN4O2/c1-17-6-7-18-15-19-16-23(32-25(19)28-21(18)14-17)24(31)27-8-9-29-10-12-30(13-11-29)22-5-3-2-4-20(22)26/h2-7,14-16H,8-13H2,1H3,(H,27,31). The Morgan fingerprint density at radius 2 is 1.88 bits per heavy atom. The Morgan fingerprint density at radius 3 is 2.69 bits per heavy atom. The minimum absolute atomic E-state index is 0.184. The number of anilines is 1. The van der Waals surface area contributed by atoms with E-state index in [1.807, 2.05) is 43.3 Å².